The van der Waals surface area contributed by atoms with E-state index in [2.05, 4.69) is 16.0 Å². The maximum absolute atomic E-state index is 12.4. The molecular weight excluding hydrogens is 330 g/mol. The predicted octanol–water partition coefficient (Wildman–Crippen LogP) is 2.15. The first-order chi connectivity index (χ1) is 12.6. The largest absolute Gasteiger partial charge is 0.354 e. The second kappa shape index (κ2) is 9.94. The van der Waals surface area contributed by atoms with Gasteiger partial charge in [0.15, 0.2) is 0 Å². The first-order valence-corrected chi connectivity index (χ1v) is 9.50. The highest BCUT2D eigenvalue weighted by Crippen LogP contribution is 2.28. The summed E-state index contributed by atoms with van der Waals surface area (Å²) in [4.78, 5) is 36.7. The molecule has 0 aromatic heterocycles. The van der Waals surface area contributed by atoms with Gasteiger partial charge >= 0.3 is 0 Å². The smallest absolute Gasteiger partial charge is 0.251 e. The molecule has 3 N–H and O–H groups in total. The van der Waals surface area contributed by atoms with Gasteiger partial charge in [-0.25, -0.2) is 0 Å². The lowest BCUT2D eigenvalue weighted by Crippen LogP contribution is -2.59. The highest BCUT2D eigenvalue weighted by atomic mass is 16.2. The summed E-state index contributed by atoms with van der Waals surface area (Å²) in [6.07, 6.45) is 5.20. The van der Waals surface area contributed by atoms with Gasteiger partial charge in [0.2, 0.25) is 11.8 Å². The quantitative estimate of drug-likeness (QED) is 0.622. The van der Waals surface area contributed by atoms with Crippen molar-refractivity contribution in [1.82, 2.24) is 16.0 Å². The molecule has 6 nitrogen and oxygen atoms in total. The average molecular weight is 359 g/mol. The standard InChI is InChI=1S/C20H29N3O3/c1-2-21-19(26)20(13-7-4-8-14-20)23-17(24)12-9-15-22-18(25)16-10-5-3-6-11-16/h3,5-6,10-11H,2,4,7-9,12-15H2,1H3,(H,21,26)(H,22,25)(H,23,24). The number of benzene rings is 1. The molecule has 26 heavy (non-hydrogen) atoms. The third-order valence-electron chi connectivity index (χ3n) is 4.76. The lowest BCUT2D eigenvalue weighted by Gasteiger charge is -2.36. The normalized spacial score (nSPS) is 15.7. The van der Waals surface area contributed by atoms with Crippen LogP contribution in [0.1, 0.15) is 62.2 Å². The summed E-state index contributed by atoms with van der Waals surface area (Å²) >= 11 is 0. The first kappa shape index (κ1) is 19.9. The Bertz CT molecular complexity index is 610. The molecule has 1 fully saturated rings. The van der Waals surface area contributed by atoms with Gasteiger partial charge in [-0.1, -0.05) is 37.5 Å². The minimum absolute atomic E-state index is 0.0783. The Morgan fingerprint density at radius 1 is 1.00 bits per heavy atom. The SMILES string of the molecule is CCNC(=O)C1(NC(=O)CCCNC(=O)c2ccccc2)CCCCC1. The topological polar surface area (TPSA) is 87.3 Å². The van der Waals surface area contributed by atoms with Gasteiger partial charge in [0.05, 0.1) is 0 Å². The average Bonchev–Trinajstić information content (AvgIpc) is 2.66. The van der Waals surface area contributed by atoms with Crippen molar-refractivity contribution >= 4 is 17.7 Å². The van der Waals surface area contributed by atoms with Gasteiger partial charge < -0.3 is 16.0 Å². The summed E-state index contributed by atoms with van der Waals surface area (Å²) in [7, 11) is 0. The Kier molecular flexibility index (Phi) is 7.63. The zero-order valence-corrected chi connectivity index (χ0v) is 15.5. The minimum Gasteiger partial charge on any atom is -0.354 e. The fraction of sp³-hybridized carbons (Fsp3) is 0.550. The van der Waals surface area contributed by atoms with Crippen molar-refractivity contribution in [3.63, 3.8) is 0 Å². The van der Waals surface area contributed by atoms with Crippen molar-refractivity contribution in [2.24, 2.45) is 0 Å². The van der Waals surface area contributed by atoms with Crippen LogP contribution in [-0.2, 0) is 9.59 Å². The summed E-state index contributed by atoms with van der Waals surface area (Å²) in [6.45, 7) is 2.86. The van der Waals surface area contributed by atoms with Crippen molar-refractivity contribution in [2.75, 3.05) is 13.1 Å². The van der Waals surface area contributed by atoms with Crippen LogP contribution in [0.3, 0.4) is 0 Å². The Labute approximate surface area is 155 Å². The van der Waals surface area contributed by atoms with Crippen LogP contribution in [0.25, 0.3) is 0 Å². The Hall–Kier alpha value is -2.37. The molecule has 1 aliphatic carbocycles. The third kappa shape index (κ3) is 5.58. The zero-order chi connectivity index (χ0) is 18.8. The van der Waals surface area contributed by atoms with Gasteiger partial charge in [-0.05, 0) is 38.3 Å². The van der Waals surface area contributed by atoms with Crippen LogP contribution in [0.2, 0.25) is 0 Å². The molecule has 0 spiro atoms. The third-order valence-corrected chi connectivity index (χ3v) is 4.76. The van der Waals surface area contributed by atoms with Crippen molar-refractivity contribution in [3.05, 3.63) is 35.9 Å². The molecule has 0 unspecified atom stereocenters. The number of likely N-dealkylation sites (N-methyl/N-ethyl adjacent to an activating group) is 1. The molecule has 0 heterocycles. The lowest BCUT2D eigenvalue weighted by molar-refractivity contribution is -0.135. The fourth-order valence-electron chi connectivity index (χ4n) is 3.37. The maximum atomic E-state index is 12.4. The van der Waals surface area contributed by atoms with E-state index in [4.69, 9.17) is 0 Å². The summed E-state index contributed by atoms with van der Waals surface area (Å²) in [5.41, 5.74) is -0.159. The minimum atomic E-state index is -0.765. The van der Waals surface area contributed by atoms with Crippen LogP contribution < -0.4 is 16.0 Å². The lowest BCUT2D eigenvalue weighted by atomic mass is 9.80. The van der Waals surface area contributed by atoms with Crippen LogP contribution in [-0.4, -0.2) is 36.3 Å². The molecule has 0 atom stereocenters. The van der Waals surface area contributed by atoms with Crippen LogP contribution in [0.15, 0.2) is 30.3 Å². The fourth-order valence-corrected chi connectivity index (χ4v) is 3.37. The highest BCUT2D eigenvalue weighted by Gasteiger charge is 2.40. The molecule has 0 aliphatic heterocycles. The van der Waals surface area contributed by atoms with Crippen molar-refractivity contribution in [2.45, 2.75) is 57.4 Å². The van der Waals surface area contributed by atoms with Crippen LogP contribution in [0.4, 0.5) is 0 Å². The Morgan fingerprint density at radius 2 is 1.69 bits per heavy atom. The molecule has 0 radical (unpaired) electrons. The van der Waals surface area contributed by atoms with E-state index in [1.165, 1.54) is 0 Å². The van der Waals surface area contributed by atoms with Crippen molar-refractivity contribution in [3.8, 4) is 0 Å². The van der Waals surface area contributed by atoms with E-state index in [0.29, 0.717) is 37.9 Å². The van der Waals surface area contributed by atoms with E-state index in [-0.39, 0.29) is 24.1 Å². The monoisotopic (exact) mass is 359 g/mol. The van der Waals surface area contributed by atoms with E-state index in [1.807, 2.05) is 25.1 Å². The van der Waals surface area contributed by atoms with E-state index < -0.39 is 5.54 Å². The number of rotatable bonds is 8. The molecule has 3 amide bonds. The van der Waals surface area contributed by atoms with Gasteiger partial charge in [0.25, 0.3) is 5.91 Å². The number of nitrogens with one attached hydrogen (secondary N) is 3. The van der Waals surface area contributed by atoms with Crippen LogP contribution in [0, 0.1) is 0 Å². The summed E-state index contributed by atoms with van der Waals surface area (Å²) in [6, 6.07) is 8.99. The number of carbonyl (C=O) groups is 3. The number of hydrogen-bond acceptors (Lipinski definition) is 3. The molecule has 0 saturated heterocycles. The molecule has 0 bridgehead atoms. The zero-order valence-electron chi connectivity index (χ0n) is 15.5. The second-order valence-corrected chi connectivity index (χ2v) is 6.78. The molecule has 1 aliphatic rings. The van der Waals surface area contributed by atoms with E-state index in [1.54, 1.807) is 12.1 Å². The summed E-state index contributed by atoms with van der Waals surface area (Å²) < 4.78 is 0. The first-order valence-electron chi connectivity index (χ1n) is 9.50. The van der Waals surface area contributed by atoms with Crippen molar-refractivity contribution in [1.29, 1.82) is 0 Å². The molecule has 2 rings (SSSR count). The number of amides is 3. The molecule has 1 aromatic carbocycles. The number of carbonyl (C=O) groups excluding carboxylic acids is 3. The highest BCUT2D eigenvalue weighted by molar-refractivity contribution is 5.94. The van der Waals surface area contributed by atoms with E-state index in [0.717, 1.165) is 19.3 Å². The Morgan fingerprint density at radius 3 is 2.35 bits per heavy atom. The van der Waals surface area contributed by atoms with Crippen molar-refractivity contribution < 1.29 is 14.4 Å². The molecule has 142 valence electrons. The number of hydrogen-bond donors (Lipinski definition) is 3. The summed E-state index contributed by atoms with van der Waals surface area (Å²) in [5.74, 6) is -0.352. The van der Waals surface area contributed by atoms with Gasteiger partial charge in [0.1, 0.15) is 5.54 Å². The van der Waals surface area contributed by atoms with E-state index >= 15 is 0 Å². The molecule has 6 heteroatoms. The molecular formula is C20H29N3O3. The second-order valence-electron chi connectivity index (χ2n) is 6.78. The van der Waals surface area contributed by atoms with Gasteiger partial charge in [-0.3, -0.25) is 14.4 Å². The summed E-state index contributed by atoms with van der Waals surface area (Å²) in [5, 5.41) is 8.64. The van der Waals surface area contributed by atoms with Gasteiger partial charge in [-0.15, -0.1) is 0 Å². The molecule has 1 aromatic rings. The van der Waals surface area contributed by atoms with Crippen LogP contribution >= 0.6 is 0 Å². The van der Waals surface area contributed by atoms with E-state index in [9.17, 15) is 14.4 Å². The predicted molar refractivity (Wildman–Crippen MR) is 101 cm³/mol. The van der Waals surface area contributed by atoms with Crippen LogP contribution in [0.5, 0.6) is 0 Å². The molecule has 1 saturated carbocycles. The Balaban J connectivity index is 1.77. The van der Waals surface area contributed by atoms with Gasteiger partial charge in [0, 0.05) is 25.1 Å². The maximum Gasteiger partial charge on any atom is 0.251 e. The van der Waals surface area contributed by atoms with Gasteiger partial charge in [-0.2, -0.15) is 0 Å².